The van der Waals surface area contributed by atoms with Gasteiger partial charge in [0.2, 0.25) is 0 Å². The molecule has 0 unspecified atom stereocenters. The Balaban J connectivity index is 1.57. The van der Waals surface area contributed by atoms with Crippen LogP contribution in [0.4, 0.5) is 10.5 Å². The minimum atomic E-state index is -1.00. The van der Waals surface area contributed by atoms with Gasteiger partial charge in [-0.25, -0.2) is 9.31 Å². The molecular weight excluding hydrogens is 408 g/mol. The number of nitrogens with one attached hydrogen (secondary N) is 3. The van der Waals surface area contributed by atoms with Crippen LogP contribution in [0.1, 0.15) is 49.9 Å². The van der Waals surface area contributed by atoms with Gasteiger partial charge in [-0.05, 0) is 63.3 Å². The second-order valence-electron chi connectivity index (χ2n) is 8.50. The van der Waals surface area contributed by atoms with Crippen molar-refractivity contribution in [2.45, 2.75) is 57.7 Å². The molecule has 3 heterocycles. The Morgan fingerprint density at radius 1 is 1.06 bits per heavy atom. The molecule has 1 aliphatic carbocycles. The predicted molar refractivity (Wildman–Crippen MR) is 122 cm³/mol. The molecule has 0 saturated heterocycles. The molecule has 9 nitrogen and oxygen atoms in total. The number of carbonyl (C=O) groups is 2. The molecule has 0 aromatic carbocycles. The van der Waals surface area contributed by atoms with Crippen molar-refractivity contribution in [3.63, 3.8) is 0 Å². The molecule has 1 fully saturated rings. The van der Waals surface area contributed by atoms with Crippen LogP contribution in [0.5, 0.6) is 0 Å². The Morgan fingerprint density at radius 2 is 1.72 bits per heavy atom. The molecule has 4 rings (SSSR count). The molecule has 3 aromatic rings. The Bertz CT molecular complexity index is 1100. The van der Waals surface area contributed by atoms with E-state index in [0.29, 0.717) is 18.4 Å². The monoisotopic (exact) mass is 436 g/mol. The van der Waals surface area contributed by atoms with Crippen molar-refractivity contribution in [1.29, 1.82) is 0 Å². The van der Waals surface area contributed by atoms with E-state index in [1.54, 1.807) is 23.1 Å². The molecule has 0 spiro atoms. The van der Waals surface area contributed by atoms with E-state index in [4.69, 9.17) is 5.11 Å². The summed E-state index contributed by atoms with van der Waals surface area (Å²) in [5.41, 5.74) is 4.09. The van der Waals surface area contributed by atoms with Gasteiger partial charge in [-0.1, -0.05) is 0 Å². The number of carboxylic acid groups (broad SMARTS) is 1. The van der Waals surface area contributed by atoms with Crippen LogP contribution in [0.25, 0.3) is 16.6 Å². The van der Waals surface area contributed by atoms with Crippen molar-refractivity contribution in [3.8, 4) is 11.1 Å². The normalized spacial score (nSPS) is 18.5. The average molecular weight is 437 g/mol. The molecule has 3 aromatic heterocycles. The van der Waals surface area contributed by atoms with Gasteiger partial charge in [0.25, 0.3) is 5.91 Å². The summed E-state index contributed by atoms with van der Waals surface area (Å²) in [6.45, 7) is 4.06. The number of fused-ring (bicyclic) bond motifs is 1. The summed E-state index contributed by atoms with van der Waals surface area (Å²) >= 11 is 0. The van der Waals surface area contributed by atoms with Crippen LogP contribution in [0, 0.1) is 0 Å². The Kier molecular flexibility index (Phi) is 6.25. The first-order chi connectivity index (χ1) is 15.4. The predicted octanol–water partition coefficient (Wildman–Crippen LogP) is 3.53. The maximum Gasteiger partial charge on any atom is 0.404 e. The van der Waals surface area contributed by atoms with Gasteiger partial charge in [-0.3, -0.25) is 9.78 Å². The lowest BCUT2D eigenvalue weighted by molar-refractivity contribution is 0.0923. The number of amides is 2. The van der Waals surface area contributed by atoms with Crippen molar-refractivity contribution >= 4 is 23.2 Å². The minimum Gasteiger partial charge on any atom is -0.465 e. The van der Waals surface area contributed by atoms with Gasteiger partial charge in [0.1, 0.15) is 0 Å². The molecule has 0 bridgehead atoms. The highest BCUT2D eigenvalue weighted by molar-refractivity contribution is 6.03. The highest BCUT2D eigenvalue weighted by Gasteiger charge is 2.25. The second-order valence-corrected chi connectivity index (χ2v) is 8.50. The summed E-state index contributed by atoms with van der Waals surface area (Å²) in [6, 6.07) is 5.98. The van der Waals surface area contributed by atoms with Gasteiger partial charge < -0.3 is 21.1 Å². The third-order valence-electron chi connectivity index (χ3n) is 5.72. The van der Waals surface area contributed by atoms with Gasteiger partial charge in [0.15, 0.2) is 0 Å². The van der Waals surface area contributed by atoms with Crippen LogP contribution in [0.3, 0.4) is 0 Å². The molecule has 9 heteroatoms. The fraction of sp³-hybridized carbons (Fsp3) is 0.391. The molecule has 2 amide bonds. The highest BCUT2D eigenvalue weighted by Crippen LogP contribution is 2.29. The first kappa shape index (κ1) is 21.6. The van der Waals surface area contributed by atoms with Gasteiger partial charge in [0.05, 0.1) is 23.0 Å². The Labute approximate surface area is 186 Å². The SMILES string of the molecule is CC(C)Nc1c(C(=O)NC2CCC(NC(=O)O)CC2)cnn2cc(-c3ccncc3)cc12. The molecule has 1 saturated carbocycles. The van der Waals surface area contributed by atoms with Crippen molar-refractivity contribution < 1.29 is 14.7 Å². The molecule has 32 heavy (non-hydrogen) atoms. The van der Waals surface area contributed by atoms with Crippen LogP contribution in [0.15, 0.2) is 43.0 Å². The zero-order chi connectivity index (χ0) is 22.7. The largest absolute Gasteiger partial charge is 0.465 e. The standard InChI is InChI=1S/C23H28N6O3/c1-14(2)26-21-19(22(30)27-17-3-5-18(6-4-17)28-23(31)32)12-25-29-13-16(11-20(21)29)15-7-9-24-10-8-15/h7-14,17-18,26,28H,3-6H2,1-2H3,(H,27,30)(H,31,32). The Morgan fingerprint density at radius 3 is 2.34 bits per heavy atom. The molecule has 168 valence electrons. The zero-order valence-corrected chi connectivity index (χ0v) is 18.2. The molecule has 0 atom stereocenters. The van der Waals surface area contributed by atoms with Crippen LogP contribution in [-0.2, 0) is 0 Å². The van der Waals surface area contributed by atoms with E-state index in [1.165, 1.54) is 0 Å². The second kappa shape index (κ2) is 9.25. The number of carbonyl (C=O) groups excluding carboxylic acids is 1. The van der Waals surface area contributed by atoms with Crippen LogP contribution in [0.2, 0.25) is 0 Å². The lowest BCUT2D eigenvalue weighted by atomic mass is 9.91. The molecular formula is C23H28N6O3. The van der Waals surface area contributed by atoms with E-state index >= 15 is 0 Å². The smallest absolute Gasteiger partial charge is 0.404 e. The number of rotatable bonds is 6. The van der Waals surface area contributed by atoms with Crippen LogP contribution >= 0.6 is 0 Å². The van der Waals surface area contributed by atoms with E-state index in [9.17, 15) is 9.59 Å². The van der Waals surface area contributed by atoms with Gasteiger partial charge in [-0.15, -0.1) is 0 Å². The number of hydrogen-bond acceptors (Lipinski definition) is 5. The fourth-order valence-electron chi connectivity index (χ4n) is 4.19. The lowest BCUT2D eigenvalue weighted by Gasteiger charge is -2.29. The first-order valence-corrected chi connectivity index (χ1v) is 10.9. The maximum absolute atomic E-state index is 13.2. The van der Waals surface area contributed by atoms with E-state index in [0.717, 1.165) is 35.2 Å². The average Bonchev–Trinajstić information content (AvgIpc) is 3.20. The number of aromatic nitrogens is 3. The van der Waals surface area contributed by atoms with E-state index in [-0.39, 0.29) is 24.0 Å². The van der Waals surface area contributed by atoms with Crippen LogP contribution < -0.4 is 16.0 Å². The summed E-state index contributed by atoms with van der Waals surface area (Å²) in [7, 11) is 0. The van der Waals surface area contributed by atoms with E-state index < -0.39 is 6.09 Å². The summed E-state index contributed by atoms with van der Waals surface area (Å²) in [6.07, 6.45) is 8.91. The molecule has 0 radical (unpaired) electrons. The topological polar surface area (TPSA) is 121 Å². The zero-order valence-electron chi connectivity index (χ0n) is 18.2. The summed E-state index contributed by atoms with van der Waals surface area (Å²) in [4.78, 5) is 28.1. The number of nitrogens with zero attached hydrogens (tertiary/aromatic N) is 3. The van der Waals surface area contributed by atoms with Gasteiger partial charge in [0, 0.05) is 42.3 Å². The van der Waals surface area contributed by atoms with Crippen molar-refractivity contribution in [1.82, 2.24) is 25.2 Å². The first-order valence-electron chi connectivity index (χ1n) is 10.9. The highest BCUT2D eigenvalue weighted by atomic mass is 16.4. The van der Waals surface area contributed by atoms with Gasteiger partial charge >= 0.3 is 6.09 Å². The maximum atomic E-state index is 13.2. The number of hydrogen-bond donors (Lipinski definition) is 4. The minimum absolute atomic E-state index is 0.0108. The number of pyridine rings is 1. The molecule has 1 aliphatic rings. The summed E-state index contributed by atoms with van der Waals surface area (Å²) < 4.78 is 1.78. The summed E-state index contributed by atoms with van der Waals surface area (Å²) in [5, 5.41) is 22.4. The van der Waals surface area contributed by atoms with Crippen molar-refractivity contribution in [2.24, 2.45) is 0 Å². The van der Waals surface area contributed by atoms with Crippen molar-refractivity contribution in [2.75, 3.05) is 5.32 Å². The molecule has 4 N–H and O–H groups in total. The lowest BCUT2D eigenvalue weighted by Crippen LogP contribution is -2.43. The third-order valence-corrected chi connectivity index (χ3v) is 5.72. The van der Waals surface area contributed by atoms with E-state index in [2.05, 4.69) is 26.0 Å². The summed E-state index contributed by atoms with van der Waals surface area (Å²) in [5.74, 6) is -0.176. The van der Waals surface area contributed by atoms with Gasteiger partial charge in [-0.2, -0.15) is 5.10 Å². The Hall–Kier alpha value is -3.62. The fourth-order valence-corrected chi connectivity index (χ4v) is 4.19. The third kappa shape index (κ3) is 4.82. The van der Waals surface area contributed by atoms with Crippen LogP contribution in [-0.4, -0.2) is 49.8 Å². The van der Waals surface area contributed by atoms with Crippen molar-refractivity contribution in [3.05, 3.63) is 48.5 Å². The molecule has 0 aliphatic heterocycles. The van der Waals surface area contributed by atoms with E-state index in [1.807, 2.05) is 38.2 Å². The quantitative estimate of drug-likeness (QED) is 0.469. The number of anilines is 1.